The van der Waals surface area contributed by atoms with Crippen LogP contribution in [0.25, 0.3) is 0 Å². The van der Waals surface area contributed by atoms with Gasteiger partial charge in [-0.2, -0.15) is 0 Å². The van der Waals surface area contributed by atoms with E-state index in [0.29, 0.717) is 11.4 Å². The van der Waals surface area contributed by atoms with E-state index in [4.69, 9.17) is 10.6 Å². The molecule has 0 amide bonds. The predicted octanol–water partition coefficient (Wildman–Crippen LogP) is 0.622. The summed E-state index contributed by atoms with van der Waals surface area (Å²) in [4.78, 5) is 4.48. The molecule has 0 aromatic heterocycles. The van der Waals surface area contributed by atoms with E-state index in [-0.39, 0.29) is 0 Å². The van der Waals surface area contributed by atoms with Crippen LogP contribution < -0.4 is 16.6 Å². The van der Waals surface area contributed by atoms with E-state index in [1.165, 1.54) is 12.8 Å². The summed E-state index contributed by atoms with van der Waals surface area (Å²) in [6, 6.07) is 0. The summed E-state index contributed by atoms with van der Waals surface area (Å²) in [5, 5.41) is 3.16. The quantitative estimate of drug-likeness (QED) is 0.258. The van der Waals surface area contributed by atoms with Gasteiger partial charge >= 0.3 is 0 Å². The van der Waals surface area contributed by atoms with Crippen LogP contribution in [0.1, 0.15) is 32.6 Å². The summed E-state index contributed by atoms with van der Waals surface area (Å²) in [5.74, 6) is 6.10. The molecule has 4 N–H and O–H groups in total. The van der Waals surface area contributed by atoms with Gasteiger partial charge < -0.3 is 10.1 Å². The van der Waals surface area contributed by atoms with E-state index in [1.807, 2.05) is 0 Å². The van der Waals surface area contributed by atoms with E-state index >= 15 is 0 Å². The Hall–Kier alpha value is -0.810. The molecule has 0 atom stereocenters. The molecule has 0 aromatic rings. The zero-order valence-electron chi connectivity index (χ0n) is 10.4. The van der Waals surface area contributed by atoms with Crippen LogP contribution in [0.2, 0.25) is 0 Å². The summed E-state index contributed by atoms with van der Waals surface area (Å²) in [5.41, 5.74) is 2.98. The van der Waals surface area contributed by atoms with Crippen molar-refractivity contribution in [3.05, 3.63) is 0 Å². The molecule has 94 valence electrons. The minimum Gasteiger partial charge on any atom is -0.385 e. The highest BCUT2D eigenvalue weighted by molar-refractivity contribution is 5.79. The lowest BCUT2D eigenvalue weighted by Crippen LogP contribution is -2.42. The lowest BCUT2D eigenvalue weighted by atomic mass is 10.0. The molecular formula is C11H24N4O. The minimum absolute atomic E-state index is 0.381. The molecule has 0 aliphatic heterocycles. The van der Waals surface area contributed by atoms with Crippen LogP contribution in [0.4, 0.5) is 0 Å². The molecule has 1 rings (SSSR count). The molecule has 0 radical (unpaired) electrons. The number of ether oxygens (including phenoxy) is 1. The van der Waals surface area contributed by atoms with Gasteiger partial charge in [0.2, 0.25) is 5.96 Å². The van der Waals surface area contributed by atoms with Gasteiger partial charge in [-0.05, 0) is 31.1 Å². The number of hydrazine groups is 1. The van der Waals surface area contributed by atoms with Gasteiger partial charge in [-0.1, -0.05) is 6.92 Å². The monoisotopic (exact) mass is 228 g/mol. The van der Waals surface area contributed by atoms with Crippen molar-refractivity contribution in [2.45, 2.75) is 32.6 Å². The number of guanidine groups is 1. The lowest BCUT2D eigenvalue weighted by Gasteiger charge is -2.13. The maximum Gasteiger partial charge on any atom is 0.205 e. The van der Waals surface area contributed by atoms with Gasteiger partial charge in [0.25, 0.3) is 0 Å². The fourth-order valence-corrected chi connectivity index (χ4v) is 1.63. The summed E-state index contributed by atoms with van der Waals surface area (Å²) >= 11 is 0. The average molecular weight is 228 g/mol. The maximum atomic E-state index is 5.40. The number of nitrogens with zero attached hydrogens (tertiary/aromatic N) is 1. The highest BCUT2D eigenvalue weighted by Crippen LogP contribution is 2.48. The van der Waals surface area contributed by atoms with Crippen LogP contribution in [0.3, 0.4) is 0 Å². The zero-order valence-corrected chi connectivity index (χ0v) is 10.4. The molecule has 1 aliphatic rings. The second-order valence-corrected chi connectivity index (χ2v) is 4.48. The molecule has 0 aromatic carbocycles. The fraction of sp³-hybridized carbons (Fsp3) is 0.909. The highest BCUT2D eigenvalue weighted by Gasteiger charge is 2.41. The molecule has 0 spiro atoms. The van der Waals surface area contributed by atoms with Crippen LogP contribution in [0.5, 0.6) is 0 Å². The number of nitrogens with one attached hydrogen (secondary N) is 2. The summed E-state index contributed by atoms with van der Waals surface area (Å²) in [7, 11) is 1.75. The number of nitrogens with two attached hydrogens (primary N) is 1. The van der Waals surface area contributed by atoms with E-state index in [1.54, 1.807) is 7.11 Å². The Morgan fingerprint density at radius 1 is 1.50 bits per heavy atom. The number of methoxy groups -OCH3 is 1. The van der Waals surface area contributed by atoms with Crippen LogP contribution >= 0.6 is 0 Å². The smallest absolute Gasteiger partial charge is 0.205 e. The number of rotatable bonds is 7. The molecule has 5 nitrogen and oxygen atoms in total. The Bertz CT molecular complexity index is 226. The lowest BCUT2D eigenvalue weighted by molar-refractivity contribution is 0.174. The van der Waals surface area contributed by atoms with E-state index in [2.05, 4.69) is 22.7 Å². The first kappa shape index (κ1) is 13.3. The van der Waals surface area contributed by atoms with Crippen molar-refractivity contribution in [2.24, 2.45) is 16.3 Å². The maximum absolute atomic E-state index is 5.40. The first-order valence-corrected chi connectivity index (χ1v) is 6.00. The van der Waals surface area contributed by atoms with Crippen molar-refractivity contribution >= 4 is 5.96 Å². The van der Waals surface area contributed by atoms with E-state index in [9.17, 15) is 0 Å². The van der Waals surface area contributed by atoms with Gasteiger partial charge in [0.1, 0.15) is 0 Å². The molecule has 0 saturated heterocycles. The number of hydrogen-bond acceptors (Lipinski definition) is 3. The summed E-state index contributed by atoms with van der Waals surface area (Å²) in [6.07, 6.45) is 4.67. The SMILES string of the molecule is CCCNC(=NCC1(CCOC)CC1)NN. The molecular weight excluding hydrogens is 204 g/mol. The first-order valence-electron chi connectivity index (χ1n) is 6.00. The van der Waals surface area contributed by atoms with Crippen molar-refractivity contribution in [1.29, 1.82) is 0 Å². The molecule has 1 aliphatic carbocycles. The standard InChI is InChI=1S/C11H24N4O/c1-3-7-13-10(15-12)14-9-11(4-5-11)6-8-16-2/h3-9,12H2,1-2H3,(H2,13,14,15). The molecule has 0 heterocycles. The topological polar surface area (TPSA) is 71.7 Å². The Morgan fingerprint density at radius 2 is 2.25 bits per heavy atom. The van der Waals surface area contributed by atoms with Gasteiger partial charge in [0.05, 0.1) is 0 Å². The summed E-state index contributed by atoms with van der Waals surface area (Å²) < 4.78 is 5.11. The zero-order chi connectivity index (χ0) is 11.9. The molecule has 1 fully saturated rings. The average Bonchev–Trinajstić information content (AvgIpc) is 3.07. The van der Waals surface area contributed by atoms with Gasteiger partial charge in [0, 0.05) is 26.8 Å². The third-order valence-corrected chi connectivity index (χ3v) is 3.05. The van der Waals surface area contributed by atoms with E-state index < -0.39 is 0 Å². The Balaban J connectivity index is 2.31. The molecule has 0 unspecified atom stereocenters. The third-order valence-electron chi connectivity index (χ3n) is 3.05. The third kappa shape index (κ3) is 4.37. The van der Waals surface area contributed by atoms with Crippen LogP contribution in [0, 0.1) is 5.41 Å². The van der Waals surface area contributed by atoms with Gasteiger partial charge in [0.15, 0.2) is 0 Å². The summed E-state index contributed by atoms with van der Waals surface area (Å²) in [6.45, 7) is 4.67. The van der Waals surface area contributed by atoms with Crippen molar-refractivity contribution in [3.63, 3.8) is 0 Å². The van der Waals surface area contributed by atoms with Gasteiger partial charge in [-0.25, -0.2) is 5.84 Å². The Kier molecular flexibility index (Phi) is 5.55. The van der Waals surface area contributed by atoms with Crippen LogP contribution in [0.15, 0.2) is 4.99 Å². The largest absolute Gasteiger partial charge is 0.385 e. The number of aliphatic imine (C=N–C) groups is 1. The Labute approximate surface area is 97.8 Å². The van der Waals surface area contributed by atoms with Gasteiger partial charge in [-0.15, -0.1) is 0 Å². The predicted molar refractivity (Wildman–Crippen MR) is 66.1 cm³/mol. The van der Waals surface area contributed by atoms with Crippen LogP contribution in [-0.2, 0) is 4.74 Å². The fourth-order valence-electron chi connectivity index (χ4n) is 1.63. The van der Waals surface area contributed by atoms with E-state index in [0.717, 1.165) is 32.5 Å². The van der Waals surface area contributed by atoms with Crippen molar-refractivity contribution in [2.75, 3.05) is 26.8 Å². The Morgan fingerprint density at radius 3 is 2.75 bits per heavy atom. The molecule has 16 heavy (non-hydrogen) atoms. The minimum atomic E-state index is 0.381. The van der Waals surface area contributed by atoms with Crippen molar-refractivity contribution in [3.8, 4) is 0 Å². The normalized spacial score (nSPS) is 18.3. The molecule has 5 heteroatoms. The van der Waals surface area contributed by atoms with Crippen molar-refractivity contribution in [1.82, 2.24) is 10.7 Å². The molecule has 1 saturated carbocycles. The van der Waals surface area contributed by atoms with Gasteiger partial charge in [-0.3, -0.25) is 10.4 Å². The number of hydrogen-bond donors (Lipinski definition) is 3. The second-order valence-electron chi connectivity index (χ2n) is 4.48. The molecule has 0 bridgehead atoms. The van der Waals surface area contributed by atoms with Crippen LogP contribution in [-0.4, -0.2) is 32.8 Å². The highest BCUT2D eigenvalue weighted by atomic mass is 16.5. The second kappa shape index (κ2) is 6.70. The first-order chi connectivity index (χ1) is 7.76. The van der Waals surface area contributed by atoms with Crippen molar-refractivity contribution < 1.29 is 4.74 Å².